The second-order valence-electron chi connectivity index (χ2n) is 5.46. The molecule has 0 amide bonds. The third-order valence-electron chi connectivity index (χ3n) is 3.90. The molecule has 2 aromatic rings. The highest BCUT2D eigenvalue weighted by molar-refractivity contribution is 6.33. The zero-order chi connectivity index (χ0) is 14.1. The van der Waals surface area contributed by atoms with E-state index in [-0.39, 0.29) is 0 Å². The van der Waals surface area contributed by atoms with Crippen molar-refractivity contribution >= 4 is 23.2 Å². The first-order valence-electron chi connectivity index (χ1n) is 6.94. The molecule has 1 aromatic heterocycles. The minimum Gasteiger partial charge on any atom is -0.350 e. The third-order valence-corrected chi connectivity index (χ3v) is 4.50. The summed E-state index contributed by atoms with van der Waals surface area (Å²) in [6, 6.07) is 8.27. The van der Waals surface area contributed by atoms with Crippen LogP contribution in [0.2, 0.25) is 10.0 Å². The molecule has 0 spiro atoms. The highest BCUT2D eigenvalue weighted by Crippen LogP contribution is 2.40. The molecule has 106 valence electrons. The highest BCUT2D eigenvalue weighted by Gasteiger charge is 2.31. The van der Waals surface area contributed by atoms with Crippen LogP contribution in [0.25, 0.3) is 0 Å². The molecule has 4 heteroatoms. The average molecular weight is 309 g/mol. The molecule has 1 atom stereocenters. The highest BCUT2D eigenvalue weighted by atomic mass is 35.5. The molecule has 1 aliphatic rings. The fraction of sp³-hybridized carbons (Fsp3) is 0.375. The van der Waals surface area contributed by atoms with Gasteiger partial charge in [-0.2, -0.15) is 0 Å². The van der Waals surface area contributed by atoms with Crippen molar-refractivity contribution in [3.05, 3.63) is 57.8 Å². The van der Waals surface area contributed by atoms with Gasteiger partial charge >= 0.3 is 0 Å². The standard InChI is InChI=1S/C16H18Cl2N2/c1-19-16(11-2-3-11)12-6-7-20(9-12)10-13-8-14(17)4-5-15(13)18/h4-9,11,16,19H,2-3,10H2,1H3. The number of halogens is 2. The molecule has 1 N–H and O–H groups in total. The topological polar surface area (TPSA) is 17.0 Å². The van der Waals surface area contributed by atoms with Gasteiger partial charge in [0.2, 0.25) is 0 Å². The van der Waals surface area contributed by atoms with E-state index in [1.165, 1.54) is 18.4 Å². The van der Waals surface area contributed by atoms with Crippen LogP contribution in [-0.2, 0) is 6.54 Å². The Morgan fingerprint density at radius 1 is 1.30 bits per heavy atom. The Hall–Kier alpha value is -0.960. The molecule has 1 unspecified atom stereocenters. The van der Waals surface area contributed by atoms with E-state index in [9.17, 15) is 0 Å². The normalized spacial score (nSPS) is 16.4. The predicted molar refractivity (Wildman–Crippen MR) is 84.5 cm³/mol. The van der Waals surface area contributed by atoms with E-state index < -0.39 is 0 Å². The van der Waals surface area contributed by atoms with E-state index in [0.717, 1.165) is 28.1 Å². The third kappa shape index (κ3) is 3.03. The summed E-state index contributed by atoms with van der Waals surface area (Å²) in [5.41, 5.74) is 2.40. The van der Waals surface area contributed by atoms with Crippen molar-refractivity contribution in [1.82, 2.24) is 9.88 Å². The Kier molecular flexibility index (Phi) is 4.06. The van der Waals surface area contributed by atoms with Gasteiger partial charge in [-0.15, -0.1) is 0 Å². The van der Waals surface area contributed by atoms with Gasteiger partial charge in [-0.1, -0.05) is 23.2 Å². The minimum absolute atomic E-state index is 0.478. The summed E-state index contributed by atoms with van der Waals surface area (Å²) in [6.07, 6.45) is 6.98. The number of aromatic nitrogens is 1. The van der Waals surface area contributed by atoms with Gasteiger partial charge < -0.3 is 9.88 Å². The first kappa shape index (κ1) is 14.0. The minimum atomic E-state index is 0.478. The molecule has 1 heterocycles. The first-order valence-corrected chi connectivity index (χ1v) is 7.70. The van der Waals surface area contributed by atoms with Gasteiger partial charge in [0.25, 0.3) is 0 Å². The lowest BCUT2D eigenvalue weighted by Gasteiger charge is -2.13. The Morgan fingerprint density at radius 2 is 2.10 bits per heavy atom. The van der Waals surface area contributed by atoms with Crippen molar-refractivity contribution in [2.24, 2.45) is 5.92 Å². The zero-order valence-electron chi connectivity index (χ0n) is 11.4. The van der Waals surface area contributed by atoms with Crippen LogP contribution in [0, 0.1) is 5.92 Å². The van der Waals surface area contributed by atoms with E-state index in [4.69, 9.17) is 23.2 Å². The second kappa shape index (κ2) is 5.80. The predicted octanol–water partition coefficient (Wildman–Crippen LogP) is 4.51. The first-order chi connectivity index (χ1) is 9.67. The molecule has 0 aliphatic heterocycles. The monoisotopic (exact) mass is 308 g/mol. The van der Waals surface area contributed by atoms with Crippen LogP contribution < -0.4 is 5.32 Å². The Labute approximate surface area is 129 Å². The van der Waals surface area contributed by atoms with Crippen molar-refractivity contribution < 1.29 is 0 Å². The summed E-state index contributed by atoms with van der Waals surface area (Å²) in [4.78, 5) is 0. The van der Waals surface area contributed by atoms with E-state index in [0.29, 0.717) is 6.04 Å². The maximum atomic E-state index is 6.22. The van der Waals surface area contributed by atoms with Crippen LogP contribution in [0.5, 0.6) is 0 Å². The van der Waals surface area contributed by atoms with Crippen LogP contribution in [0.4, 0.5) is 0 Å². The summed E-state index contributed by atoms with van der Waals surface area (Å²) in [5, 5.41) is 4.90. The lowest BCUT2D eigenvalue weighted by atomic mass is 10.1. The molecule has 0 bridgehead atoms. The van der Waals surface area contributed by atoms with Crippen LogP contribution in [0.15, 0.2) is 36.7 Å². The summed E-state index contributed by atoms with van der Waals surface area (Å²) < 4.78 is 2.17. The van der Waals surface area contributed by atoms with Crippen LogP contribution >= 0.6 is 23.2 Å². The fourth-order valence-corrected chi connectivity index (χ4v) is 3.08. The summed E-state index contributed by atoms with van der Waals surface area (Å²) in [5.74, 6) is 0.797. The van der Waals surface area contributed by atoms with Gasteiger partial charge in [0.1, 0.15) is 0 Å². The van der Waals surface area contributed by atoms with Crippen molar-refractivity contribution in [1.29, 1.82) is 0 Å². The van der Waals surface area contributed by atoms with Crippen LogP contribution in [0.1, 0.15) is 30.0 Å². The van der Waals surface area contributed by atoms with Crippen molar-refractivity contribution in [2.75, 3.05) is 7.05 Å². The maximum absolute atomic E-state index is 6.22. The maximum Gasteiger partial charge on any atom is 0.0485 e. The number of nitrogens with zero attached hydrogens (tertiary/aromatic N) is 1. The molecule has 0 radical (unpaired) electrons. The lowest BCUT2D eigenvalue weighted by molar-refractivity contribution is 0.528. The number of benzene rings is 1. The Morgan fingerprint density at radius 3 is 2.80 bits per heavy atom. The van der Waals surface area contributed by atoms with Gasteiger partial charge in [0.15, 0.2) is 0 Å². The average Bonchev–Trinajstić information content (AvgIpc) is 3.15. The number of nitrogens with one attached hydrogen (secondary N) is 1. The van der Waals surface area contributed by atoms with E-state index in [1.807, 2.05) is 25.2 Å². The summed E-state index contributed by atoms with van der Waals surface area (Å²) >= 11 is 12.3. The zero-order valence-corrected chi connectivity index (χ0v) is 13.0. The van der Waals surface area contributed by atoms with Crippen molar-refractivity contribution in [3.8, 4) is 0 Å². The Bertz CT molecular complexity index is 602. The SMILES string of the molecule is CNC(c1ccn(Cc2cc(Cl)ccc2Cl)c1)C1CC1. The smallest absolute Gasteiger partial charge is 0.0485 e. The molecular formula is C16H18Cl2N2. The molecule has 1 aliphatic carbocycles. The van der Waals surface area contributed by atoms with E-state index >= 15 is 0 Å². The molecule has 1 fully saturated rings. The van der Waals surface area contributed by atoms with Gasteiger partial charge in [-0.3, -0.25) is 0 Å². The quantitative estimate of drug-likeness (QED) is 0.859. The van der Waals surface area contributed by atoms with Gasteiger partial charge in [-0.05, 0) is 61.2 Å². The van der Waals surface area contributed by atoms with Crippen LogP contribution in [-0.4, -0.2) is 11.6 Å². The molecule has 0 saturated heterocycles. The summed E-state index contributed by atoms with van der Waals surface area (Å²) in [7, 11) is 2.04. The fourth-order valence-electron chi connectivity index (χ4n) is 2.71. The number of hydrogen-bond donors (Lipinski definition) is 1. The van der Waals surface area contributed by atoms with E-state index in [1.54, 1.807) is 0 Å². The lowest BCUT2D eigenvalue weighted by Crippen LogP contribution is -2.17. The number of hydrogen-bond acceptors (Lipinski definition) is 1. The van der Waals surface area contributed by atoms with Crippen LogP contribution in [0.3, 0.4) is 0 Å². The van der Waals surface area contributed by atoms with Gasteiger partial charge in [0, 0.05) is 35.0 Å². The number of rotatable bonds is 5. The van der Waals surface area contributed by atoms with Crippen molar-refractivity contribution in [2.45, 2.75) is 25.4 Å². The van der Waals surface area contributed by atoms with Gasteiger partial charge in [-0.25, -0.2) is 0 Å². The molecule has 3 rings (SSSR count). The molecule has 2 nitrogen and oxygen atoms in total. The largest absolute Gasteiger partial charge is 0.350 e. The van der Waals surface area contributed by atoms with E-state index in [2.05, 4.69) is 28.3 Å². The molecule has 1 saturated carbocycles. The molecular weight excluding hydrogens is 291 g/mol. The van der Waals surface area contributed by atoms with Crippen molar-refractivity contribution in [3.63, 3.8) is 0 Å². The second-order valence-corrected chi connectivity index (χ2v) is 6.30. The molecule has 1 aromatic carbocycles. The Balaban J connectivity index is 1.78. The molecule has 20 heavy (non-hydrogen) atoms. The summed E-state index contributed by atoms with van der Waals surface area (Å²) in [6.45, 7) is 0.750. The van der Waals surface area contributed by atoms with Gasteiger partial charge in [0.05, 0.1) is 0 Å².